The van der Waals surface area contributed by atoms with Gasteiger partial charge >= 0.3 is 0 Å². The standard InChI is InChI=1S/C26H29NS2/c1-22(2)20-27(21-23-12-6-3-7-13-23)19-18-26(28-24-14-8-4-9-15-24)29-25-16-10-5-11-17-25/h3-17,26H,1,18-21H2,2H3. The highest BCUT2D eigenvalue weighted by molar-refractivity contribution is 8.17. The fourth-order valence-corrected chi connectivity index (χ4v) is 5.71. The highest BCUT2D eigenvalue weighted by Gasteiger charge is 2.15. The Labute approximate surface area is 184 Å². The molecular weight excluding hydrogens is 390 g/mol. The van der Waals surface area contributed by atoms with E-state index in [2.05, 4.69) is 109 Å². The van der Waals surface area contributed by atoms with Gasteiger partial charge in [0.05, 0.1) is 4.58 Å². The summed E-state index contributed by atoms with van der Waals surface area (Å²) in [5, 5.41) is 0. The zero-order valence-electron chi connectivity index (χ0n) is 17.0. The van der Waals surface area contributed by atoms with Gasteiger partial charge in [-0.05, 0) is 43.2 Å². The molecule has 0 bridgehead atoms. The molecular formula is C26H29NS2. The van der Waals surface area contributed by atoms with Crippen LogP contribution in [0.4, 0.5) is 0 Å². The van der Waals surface area contributed by atoms with Crippen LogP contribution < -0.4 is 0 Å². The van der Waals surface area contributed by atoms with Crippen molar-refractivity contribution in [3.05, 3.63) is 109 Å². The molecule has 0 N–H and O–H groups in total. The molecule has 0 fully saturated rings. The van der Waals surface area contributed by atoms with Crippen LogP contribution in [-0.2, 0) is 6.54 Å². The van der Waals surface area contributed by atoms with Crippen molar-refractivity contribution < 1.29 is 0 Å². The Morgan fingerprint density at radius 3 is 1.76 bits per heavy atom. The summed E-state index contributed by atoms with van der Waals surface area (Å²) in [5.74, 6) is 0. The minimum absolute atomic E-state index is 0.461. The van der Waals surface area contributed by atoms with Crippen LogP contribution in [0.3, 0.4) is 0 Å². The molecule has 0 spiro atoms. The van der Waals surface area contributed by atoms with Gasteiger partial charge < -0.3 is 0 Å². The first-order chi connectivity index (χ1) is 14.2. The molecule has 0 aliphatic heterocycles. The van der Waals surface area contributed by atoms with Crippen LogP contribution in [0.5, 0.6) is 0 Å². The van der Waals surface area contributed by atoms with Crippen molar-refractivity contribution in [2.24, 2.45) is 0 Å². The molecule has 0 atom stereocenters. The molecule has 3 heteroatoms. The van der Waals surface area contributed by atoms with Crippen molar-refractivity contribution in [3.8, 4) is 0 Å². The first-order valence-electron chi connectivity index (χ1n) is 10.0. The minimum atomic E-state index is 0.461. The lowest BCUT2D eigenvalue weighted by Gasteiger charge is -2.25. The van der Waals surface area contributed by atoms with E-state index in [1.807, 2.05) is 23.5 Å². The second-order valence-electron chi connectivity index (χ2n) is 7.23. The average molecular weight is 420 g/mol. The molecule has 29 heavy (non-hydrogen) atoms. The third kappa shape index (κ3) is 8.14. The van der Waals surface area contributed by atoms with Crippen molar-refractivity contribution in [3.63, 3.8) is 0 Å². The zero-order chi connectivity index (χ0) is 20.3. The molecule has 0 saturated carbocycles. The van der Waals surface area contributed by atoms with E-state index in [0.717, 1.165) is 26.1 Å². The summed E-state index contributed by atoms with van der Waals surface area (Å²) in [6.07, 6.45) is 1.11. The van der Waals surface area contributed by atoms with Crippen LogP contribution in [0.2, 0.25) is 0 Å². The Kier molecular flexibility index (Phi) is 8.94. The largest absolute Gasteiger partial charge is 0.295 e. The molecule has 3 aromatic carbocycles. The summed E-state index contributed by atoms with van der Waals surface area (Å²) >= 11 is 3.93. The Balaban J connectivity index is 1.67. The molecule has 0 saturated heterocycles. The summed E-state index contributed by atoms with van der Waals surface area (Å²) in [6, 6.07) is 32.2. The highest BCUT2D eigenvalue weighted by atomic mass is 32.2. The van der Waals surface area contributed by atoms with E-state index in [9.17, 15) is 0 Å². The third-order valence-corrected chi connectivity index (χ3v) is 7.11. The molecule has 0 aliphatic carbocycles. The number of nitrogens with zero attached hydrogens (tertiary/aromatic N) is 1. The van der Waals surface area contributed by atoms with Crippen molar-refractivity contribution in [1.82, 2.24) is 4.90 Å². The molecule has 3 aromatic rings. The van der Waals surface area contributed by atoms with Gasteiger partial charge in [0, 0.05) is 29.4 Å². The molecule has 3 rings (SSSR count). The van der Waals surface area contributed by atoms with Crippen LogP contribution in [0.1, 0.15) is 18.9 Å². The van der Waals surface area contributed by atoms with E-state index in [1.165, 1.54) is 20.9 Å². The van der Waals surface area contributed by atoms with Crippen LogP contribution in [0.25, 0.3) is 0 Å². The maximum atomic E-state index is 4.15. The van der Waals surface area contributed by atoms with Gasteiger partial charge in [0.2, 0.25) is 0 Å². The second kappa shape index (κ2) is 11.9. The lowest BCUT2D eigenvalue weighted by atomic mass is 10.2. The summed E-state index contributed by atoms with van der Waals surface area (Å²) in [7, 11) is 0. The number of hydrogen-bond donors (Lipinski definition) is 0. The van der Waals surface area contributed by atoms with Gasteiger partial charge in [0.25, 0.3) is 0 Å². The zero-order valence-corrected chi connectivity index (χ0v) is 18.7. The maximum absolute atomic E-state index is 4.15. The monoisotopic (exact) mass is 419 g/mol. The van der Waals surface area contributed by atoms with Crippen LogP contribution >= 0.6 is 23.5 Å². The summed E-state index contributed by atoms with van der Waals surface area (Å²) < 4.78 is 0.461. The second-order valence-corrected chi connectivity index (χ2v) is 10.1. The first-order valence-corrected chi connectivity index (χ1v) is 11.8. The predicted octanol–water partition coefficient (Wildman–Crippen LogP) is 7.37. The van der Waals surface area contributed by atoms with E-state index < -0.39 is 0 Å². The van der Waals surface area contributed by atoms with Gasteiger partial charge in [-0.2, -0.15) is 0 Å². The molecule has 0 radical (unpaired) electrons. The Bertz CT molecular complexity index is 808. The van der Waals surface area contributed by atoms with Gasteiger partial charge in [0.15, 0.2) is 0 Å². The van der Waals surface area contributed by atoms with Crippen LogP contribution in [0.15, 0.2) is 113 Å². The van der Waals surface area contributed by atoms with E-state index in [-0.39, 0.29) is 0 Å². The highest BCUT2D eigenvalue weighted by Crippen LogP contribution is 2.37. The number of thioether (sulfide) groups is 2. The Morgan fingerprint density at radius 2 is 1.28 bits per heavy atom. The summed E-state index contributed by atoms with van der Waals surface area (Å²) in [6.45, 7) is 9.22. The van der Waals surface area contributed by atoms with Crippen molar-refractivity contribution in [1.29, 1.82) is 0 Å². The van der Waals surface area contributed by atoms with E-state index in [1.54, 1.807) is 0 Å². The van der Waals surface area contributed by atoms with Gasteiger partial charge in [-0.25, -0.2) is 0 Å². The molecule has 0 aromatic heterocycles. The Morgan fingerprint density at radius 1 is 0.793 bits per heavy atom. The van der Waals surface area contributed by atoms with Gasteiger partial charge in [-0.15, -0.1) is 23.5 Å². The molecule has 1 nitrogen and oxygen atoms in total. The molecule has 0 heterocycles. The van der Waals surface area contributed by atoms with E-state index >= 15 is 0 Å². The quantitative estimate of drug-likeness (QED) is 0.181. The van der Waals surface area contributed by atoms with Gasteiger partial charge in [0.1, 0.15) is 0 Å². The molecule has 0 aliphatic rings. The first kappa shape index (κ1) is 21.8. The fourth-order valence-electron chi connectivity index (χ4n) is 3.17. The lowest BCUT2D eigenvalue weighted by Crippen LogP contribution is -2.27. The molecule has 150 valence electrons. The van der Waals surface area contributed by atoms with E-state index in [0.29, 0.717) is 4.58 Å². The van der Waals surface area contributed by atoms with E-state index in [4.69, 9.17) is 0 Å². The number of rotatable bonds is 11. The van der Waals surface area contributed by atoms with Crippen molar-refractivity contribution in [2.75, 3.05) is 13.1 Å². The number of hydrogen-bond acceptors (Lipinski definition) is 3. The average Bonchev–Trinajstić information content (AvgIpc) is 2.74. The maximum Gasteiger partial charge on any atom is 0.0609 e. The van der Waals surface area contributed by atoms with Gasteiger partial charge in [-0.3, -0.25) is 4.90 Å². The summed E-state index contributed by atoms with van der Waals surface area (Å²) in [5.41, 5.74) is 2.57. The molecule has 0 unspecified atom stereocenters. The smallest absolute Gasteiger partial charge is 0.0609 e. The normalized spacial score (nSPS) is 11.1. The van der Waals surface area contributed by atoms with Crippen LogP contribution in [0, 0.1) is 0 Å². The van der Waals surface area contributed by atoms with Crippen LogP contribution in [-0.4, -0.2) is 22.6 Å². The predicted molar refractivity (Wildman–Crippen MR) is 130 cm³/mol. The SMILES string of the molecule is C=C(C)CN(CCC(Sc1ccccc1)Sc1ccccc1)Cc1ccccc1. The summed E-state index contributed by atoms with van der Waals surface area (Å²) in [4.78, 5) is 5.17. The van der Waals surface area contributed by atoms with Gasteiger partial charge in [-0.1, -0.05) is 78.9 Å². The van der Waals surface area contributed by atoms with Crippen molar-refractivity contribution in [2.45, 2.75) is 34.3 Å². The Hall–Kier alpha value is -1.94. The number of benzene rings is 3. The lowest BCUT2D eigenvalue weighted by molar-refractivity contribution is 0.288. The topological polar surface area (TPSA) is 3.24 Å². The minimum Gasteiger partial charge on any atom is -0.295 e. The van der Waals surface area contributed by atoms with Crippen molar-refractivity contribution >= 4 is 23.5 Å². The third-order valence-electron chi connectivity index (χ3n) is 4.45. The fraction of sp³-hybridized carbons (Fsp3) is 0.231. The molecule has 0 amide bonds.